The van der Waals surface area contributed by atoms with E-state index in [-0.39, 0.29) is 29.6 Å². The Morgan fingerprint density at radius 3 is 2.48 bits per heavy atom. The number of piperazine rings is 1. The molecule has 2 heterocycles. The fraction of sp³-hybridized carbons (Fsp3) is 0.500. The van der Waals surface area contributed by atoms with Gasteiger partial charge in [-0.15, -0.1) is 0 Å². The van der Waals surface area contributed by atoms with Crippen molar-refractivity contribution < 1.29 is 18.4 Å². The lowest BCUT2D eigenvalue weighted by Gasteiger charge is -2.35. The van der Waals surface area contributed by atoms with Crippen LogP contribution in [0.1, 0.15) is 36.5 Å². The minimum atomic E-state index is -0.341. The first kappa shape index (κ1) is 22.7. The zero-order valence-electron chi connectivity index (χ0n) is 18.3. The van der Waals surface area contributed by atoms with E-state index < -0.39 is 0 Å². The van der Waals surface area contributed by atoms with E-state index in [1.165, 1.54) is 12.1 Å². The molecule has 2 aromatic rings. The van der Waals surface area contributed by atoms with Gasteiger partial charge < -0.3 is 20.0 Å². The van der Waals surface area contributed by atoms with Crippen molar-refractivity contribution in [3.8, 4) is 11.5 Å². The maximum absolute atomic E-state index is 13.2. The molecule has 2 N–H and O–H groups in total. The van der Waals surface area contributed by atoms with Gasteiger partial charge >= 0.3 is 6.03 Å². The first-order valence-corrected chi connectivity index (χ1v) is 10.7. The maximum Gasteiger partial charge on any atom is 0.317 e. The highest BCUT2D eigenvalue weighted by Crippen LogP contribution is 2.23. The van der Waals surface area contributed by atoms with Gasteiger partial charge in [0.1, 0.15) is 5.82 Å². The number of carbonyl (C=O) groups excluding carboxylic acids is 2. The first-order chi connectivity index (χ1) is 14.9. The van der Waals surface area contributed by atoms with E-state index in [0.717, 1.165) is 19.5 Å². The number of halogens is 1. The van der Waals surface area contributed by atoms with Gasteiger partial charge in [0.25, 0.3) is 5.91 Å². The Kier molecular flexibility index (Phi) is 7.62. The number of hydrogen-bond donors (Lipinski definition) is 2. The van der Waals surface area contributed by atoms with Crippen molar-refractivity contribution in [3.63, 3.8) is 0 Å². The minimum absolute atomic E-state index is 0.0632. The molecule has 9 heteroatoms. The van der Waals surface area contributed by atoms with Crippen LogP contribution in [0.2, 0.25) is 0 Å². The molecule has 3 rings (SSSR count). The Bertz CT molecular complexity index is 891. The van der Waals surface area contributed by atoms with Gasteiger partial charge in [-0.1, -0.05) is 13.3 Å². The summed E-state index contributed by atoms with van der Waals surface area (Å²) in [5.74, 6) is -0.128. The average Bonchev–Trinajstić information content (AvgIpc) is 3.18. The van der Waals surface area contributed by atoms with Crippen LogP contribution in [0.4, 0.5) is 9.18 Å². The van der Waals surface area contributed by atoms with Crippen molar-refractivity contribution in [3.05, 3.63) is 41.5 Å². The van der Waals surface area contributed by atoms with Gasteiger partial charge in [0.15, 0.2) is 0 Å². The van der Waals surface area contributed by atoms with Crippen LogP contribution < -0.4 is 10.6 Å². The topological polar surface area (TPSA) is 90.7 Å². The lowest BCUT2D eigenvalue weighted by atomic mass is 10.2. The number of nitrogens with zero attached hydrogens (tertiary/aromatic N) is 3. The molecule has 0 spiro atoms. The number of rotatable bonds is 7. The number of benzene rings is 1. The van der Waals surface area contributed by atoms with Crippen molar-refractivity contribution in [1.29, 1.82) is 0 Å². The third-order valence-electron chi connectivity index (χ3n) is 5.26. The lowest BCUT2D eigenvalue weighted by molar-refractivity contribution is 0.0888. The lowest BCUT2D eigenvalue weighted by Crippen LogP contribution is -2.53. The third kappa shape index (κ3) is 5.81. The summed E-state index contributed by atoms with van der Waals surface area (Å²) in [6.45, 7) is 7.45. The highest BCUT2D eigenvalue weighted by Gasteiger charge is 2.24. The van der Waals surface area contributed by atoms with E-state index >= 15 is 0 Å². The van der Waals surface area contributed by atoms with E-state index in [4.69, 9.17) is 4.42 Å². The van der Waals surface area contributed by atoms with Crippen molar-refractivity contribution >= 4 is 11.9 Å². The normalized spacial score (nSPS) is 15.5. The zero-order chi connectivity index (χ0) is 22.4. The summed E-state index contributed by atoms with van der Waals surface area (Å²) < 4.78 is 19.0. The fourth-order valence-electron chi connectivity index (χ4n) is 3.67. The van der Waals surface area contributed by atoms with E-state index in [0.29, 0.717) is 43.2 Å². The van der Waals surface area contributed by atoms with Crippen LogP contribution in [0.15, 0.2) is 28.7 Å². The molecule has 3 amide bonds. The molecule has 0 unspecified atom stereocenters. The molecular weight excluding hydrogens is 401 g/mol. The molecule has 1 fully saturated rings. The Hall–Kier alpha value is -2.94. The molecule has 1 atom stereocenters. The molecule has 0 saturated carbocycles. The molecule has 31 heavy (non-hydrogen) atoms. The van der Waals surface area contributed by atoms with Crippen molar-refractivity contribution in [2.45, 2.75) is 32.7 Å². The summed E-state index contributed by atoms with van der Waals surface area (Å²) in [6.07, 6.45) is 1.43. The van der Waals surface area contributed by atoms with Crippen LogP contribution in [0, 0.1) is 5.82 Å². The number of carbonyl (C=O) groups is 2. The molecule has 1 saturated heterocycles. The monoisotopic (exact) mass is 431 g/mol. The number of hydrogen-bond acceptors (Lipinski definition) is 5. The summed E-state index contributed by atoms with van der Waals surface area (Å²) in [6, 6.07) is 5.68. The molecule has 1 aliphatic heterocycles. The van der Waals surface area contributed by atoms with Gasteiger partial charge in [0, 0.05) is 51.4 Å². The number of oxazole rings is 1. The van der Waals surface area contributed by atoms with Crippen LogP contribution in [-0.4, -0.2) is 72.5 Å². The SMILES string of the molecule is CCCc1nc(-c2ccc(F)cc2)oc1C(=O)N[C@H](C)CN1CCN(C(=O)NC)CC1. The van der Waals surface area contributed by atoms with Crippen LogP contribution in [0.25, 0.3) is 11.5 Å². The van der Waals surface area contributed by atoms with Crippen LogP contribution in [0.5, 0.6) is 0 Å². The molecule has 1 aromatic carbocycles. The van der Waals surface area contributed by atoms with Crippen molar-refractivity contribution in [2.75, 3.05) is 39.8 Å². The minimum Gasteiger partial charge on any atom is -0.431 e. The summed E-state index contributed by atoms with van der Waals surface area (Å²) in [5, 5.41) is 5.64. The predicted octanol–water partition coefficient (Wildman–Crippen LogP) is 2.51. The molecule has 0 aliphatic carbocycles. The predicted molar refractivity (Wildman–Crippen MR) is 115 cm³/mol. The Labute approximate surface area is 181 Å². The number of aryl methyl sites for hydroxylation is 1. The largest absolute Gasteiger partial charge is 0.431 e. The number of urea groups is 1. The summed E-state index contributed by atoms with van der Waals surface area (Å²) in [7, 11) is 1.63. The molecular formula is C22H30FN5O3. The van der Waals surface area contributed by atoms with Crippen LogP contribution >= 0.6 is 0 Å². The van der Waals surface area contributed by atoms with Crippen molar-refractivity contribution in [2.24, 2.45) is 0 Å². The van der Waals surface area contributed by atoms with Crippen LogP contribution in [-0.2, 0) is 6.42 Å². The van der Waals surface area contributed by atoms with Crippen LogP contribution in [0.3, 0.4) is 0 Å². The smallest absolute Gasteiger partial charge is 0.317 e. The second-order valence-corrected chi connectivity index (χ2v) is 7.77. The molecule has 0 radical (unpaired) electrons. The summed E-state index contributed by atoms with van der Waals surface area (Å²) >= 11 is 0. The van der Waals surface area contributed by atoms with Gasteiger partial charge in [0.05, 0.1) is 5.69 Å². The van der Waals surface area contributed by atoms with Gasteiger partial charge in [-0.25, -0.2) is 14.2 Å². The Morgan fingerprint density at radius 2 is 1.87 bits per heavy atom. The van der Waals surface area contributed by atoms with E-state index in [1.54, 1.807) is 24.1 Å². The molecule has 1 aromatic heterocycles. The zero-order valence-corrected chi connectivity index (χ0v) is 18.3. The van der Waals surface area contributed by atoms with E-state index in [1.807, 2.05) is 13.8 Å². The van der Waals surface area contributed by atoms with Crippen molar-refractivity contribution in [1.82, 2.24) is 25.4 Å². The fourth-order valence-corrected chi connectivity index (χ4v) is 3.67. The Balaban J connectivity index is 1.61. The summed E-state index contributed by atoms with van der Waals surface area (Å²) in [5.41, 5.74) is 1.23. The molecule has 8 nitrogen and oxygen atoms in total. The molecule has 1 aliphatic rings. The summed E-state index contributed by atoms with van der Waals surface area (Å²) in [4.78, 5) is 33.1. The second kappa shape index (κ2) is 10.4. The van der Waals surface area contributed by atoms with Gasteiger partial charge in [0.2, 0.25) is 11.7 Å². The van der Waals surface area contributed by atoms with E-state index in [2.05, 4.69) is 20.5 Å². The Morgan fingerprint density at radius 1 is 1.19 bits per heavy atom. The highest BCUT2D eigenvalue weighted by molar-refractivity contribution is 5.93. The standard InChI is InChI=1S/C22H30FN5O3/c1-4-5-18-19(31-21(26-18)16-6-8-17(23)9-7-16)20(29)25-15(2)14-27-10-12-28(13-11-27)22(30)24-3/h6-9,15H,4-5,10-14H2,1-3H3,(H,24,30)(H,25,29)/t15-/m1/s1. The molecule has 168 valence electrons. The third-order valence-corrected chi connectivity index (χ3v) is 5.26. The van der Waals surface area contributed by atoms with Gasteiger partial charge in [-0.2, -0.15) is 0 Å². The maximum atomic E-state index is 13.2. The van der Waals surface area contributed by atoms with Gasteiger partial charge in [-0.3, -0.25) is 9.69 Å². The number of aromatic nitrogens is 1. The molecule has 0 bridgehead atoms. The van der Waals surface area contributed by atoms with Gasteiger partial charge in [-0.05, 0) is 37.6 Å². The average molecular weight is 432 g/mol. The highest BCUT2D eigenvalue weighted by atomic mass is 19.1. The quantitative estimate of drug-likeness (QED) is 0.703. The van der Waals surface area contributed by atoms with E-state index in [9.17, 15) is 14.0 Å². The first-order valence-electron chi connectivity index (χ1n) is 10.7. The second-order valence-electron chi connectivity index (χ2n) is 7.77. The number of amides is 3. The number of nitrogens with one attached hydrogen (secondary N) is 2.